The molecule has 0 saturated carbocycles. The average Bonchev–Trinajstić information content (AvgIpc) is 3.11. The molecule has 0 atom stereocenters. The average molecular weight is 489 g/mol. The number of fused-ring (bicyclic) bond motifs is 3. The second kappa shape index (κ2) is 8.82. The molecule has 0 fully saturated rings. The van der Waals surface area contributed by atoms with Gasteiger partial charge in [-0.2, -0.15) is 0 Å². The molecule has 2 heterocycles. The van der Waals surface area contributed by atoms with Crippen molar-refractivity contribution in [3.8, 4) is 11.5 Å². The number of halogens is 2. The highest BCUT2D eigenvalue weighted by Gasteiger charge is 2.19. The Morgan fingerprint density at radius 3 is 2.63 bits per heavy atom. The molecule has 30 heavy (non-hydrogen) atoms. The van der Waals surface area contributed by atoms with E-state index in [1.807, 2.05) is 30.3 Å². The molecule has 7 heteroatoms. The smallest absolute Gasteiger partial charge is 0.157 e. The summed E-state index contributed by atoms with van der Waals surface area (Å²) in [6.45, 7) is 2.80. The molecule has 0 radical (unpaired) electrons. The van der Waals surface area contributed by atoms with Crippen LogP contribution in [0.4, 0.5) is 0 Å². The van der Waals surface area contributed by atoms with Crippen LogP contribution in [0.3, 0.4) is 0 Å². The van der Waals surface area contributed by atoms with E-state index in [1.165, 1.54) is 0 Å². The summed E-state index contributed by atoms with van der Waals surface area (Å²) in [5.41, 5.74) is 3.63. The molecule has 0 saturated heterocycles. The molecule has 0 bridgehead atoms. The number of pyridine rings is 1. The number of aromatic nitrogens is 3. The van der Waals surface area contributed by atoms with Gasteiger partial charge in [-0.25, -0.2) is 9.97 Å². The van der Waals surface area contributed by atoms with Crippen molar-refractivity contribution in [2.75, 3.05) is 14.2 Å². The Kier molecular flexibility index (Phi) is 6.16. The van der Waals surface area contributed by atoms with Crippen LogP contribution >= 0.6 is 27.5 Å². The Hall–Kier alpha value is -2.31. The molecule has 0 amide bonds. The molecule has 0 aliphatic heterocycles. The van der Waals surface area contributed by atoms with Gasteiger partial charge in [0, 0.05) is 27.9 Å². The zero-order chi connectivity index (χ0) is 21.3. The summed E-state index contributed by atoms with van der Waals surface area (Å²) in [4.78, 5) is 9.48. The van der Waals surface area contributed by atoms with Gasteiger partial charge in [0.25, 0.3) is 0 Å². The lowest BCUT2D eigenvalue weighted by molar-refractivity contribution is 0.390. The van der Waals surface area contributed by atoms with Crippen molar-refractivity contribution < 1.29 is 9.47 Å². The largest absolute Gasteiger partial charge is 0.497 e. The summed E-state index contributed by atoms with van der Waals surface area (Å²) in [6.07, 6.45) is 3.02. The molecule has 2 aromatic carbocycles. The minimum Gasteiger partial charge on any atom is -0.497 e. The van der Waals surface area contributed by atoms with Crippen LogP contribution in [0.1, 0.15) is 31.2 Å². The van der Waals surface area contributed by atoms with Crippen LogP contribution in [0, 0.1) is 0 Å². The predicted molar refractivity (Wildman–Crippen MR) is 125 cm³/mol. The van der Waals surface area contributed by atoms with Crippen molar-refractivity contribution in [3.63, 3.8) is 0 Å². The zero-order valence-corrected chi connectivity index (χ0v) is 19.5. The van der Waals surface area contributed by atoms with Crippen molar-refractivity contribution in [1.82, 2.24) is 14.5 Å². The van der Waals surface area contributed by atoms with Gasteiger partial charge in [-0.15, -0.1) is 0 Å². The van der Waals surface area contributed by atoms with Crippen LogP contribution in [-0.4, -0.2) is 28.8 Å². The van der Waals surface area contributed by atoms with Crippen molar-refractivity contribution in [3.05, 3.63) is 57.4 Å². The van der Waals surface area contributed by atoms with Crippen LogP contribution in [-0.2, 0) is 13.0 Å². The highest BCUT2D eigenvalue weighted by molar-refractivity contribution is 9.10. The van der Waals surface area contributed by atoms with E-state index in [0.717, 1.165) is 68.6 Å². The second-order valence-corrected chi connectivity index (χ2v) is 8.43. The SMILES string of the molecule is CCCCc1nc2c(Cl)nc3cc(Br)ccc3c2n1Cc1ccc(OC)cc1OC. The predicted octanol–water partition coefficient (Wildman–Crippen LogP) is 6.41. The van der Waals surface area contributed by atoms with Gasteiger partial charge in [0.15, 0.2) is 5.15 Å². The lowest BCUT2D eigenvalue weighted by Crippen LogP contribution is -2.07. The number of benzene rings is 2. The Labute approximate surface area is 189 Å². The lowest BCUT2D eigenvalue weighted by Gasteiger charge is -2.14. The van der Waals surface area contributed by atoms with Crippen molar-refractivity contribution in [1.29, 1.82) is 0 Å². The van der Waals surface area contributed by atoms with Gasteiger partial charge in [-0.3, -0.25) is 0 Å². The Balaban J connectivity index is 1.95. The number of hydrogen-bond acceptors (Lipinski definition) is 4. The van der Waals surface area contributed by atoms with Gasteiger partial charge < -0.3 is 14.0 Å². The minimum atomic E-state index is 0.425. The van der Waals surface area contributed by atoms with Crippen LogP contribution in [0.5, 0.6) is 11.5 Å². The monoisotopic (exact) mass is 487 g/mol. The first kappa shape index (κ1) is 20.9. The van der Waals surface area contributed by atoms with Gasteiger partial charge in [-0.1, -0.05) is 40.9 Å². The fraction of sp³-hybridized carbons (Fsp3) is 0.304. The number of unbranched alkanes of at least 4 members (excludes halogenated alkanes) is 1. The van der Waals surface area contributed by atoms with Crippen molar-refractivity contribution in [2.45, 2.75) is 32.7 Å². The maximum absolute atomic E-state index is 6.57. The first-order chi connectivity index (χ1) is 14.5. The molecule has 0 unspecified atom stereocenters. The summed E-state index contributed by atoms with van der Waals surface area (Å²) >= 11 is 10.1. The molecule has 5 nitrogen and oxygen atoms in total. The normalized spacial score (nSPS) is 11.4. The second-order valence-electron chi connectivity index (χ2n) is 7.16. The molecular formula is C23H23BrClN3O2. The van der Waals surface area contributed by atoms with Crippen LogP contribution in [0.15, 0.2) is 40.9 Å². The Bertz CT molecular complexity index is 1220. The third-order valence-electron chi connectivity index (χ3n) is 5.25. The number of aryl methyl sites for hydroxylation is 1. The van der Waals surface area contributed by atoms with Gasteiger partial charge >= 0.3 is 0 Å². The van der Waals surface area contributed by atoms with Gasteiger partial charge in [0.1, 0.15) is 22.8 Å². The molecule has 0 spiro atoms. The van der Waals surface area contributed by atoms with Gasteiger partial charge in [0.05, 0.1) is 31.8 Å². The highest BCUT2D eigenvalue weighted by atomic mass is 79.9. The third kappa shape index (κ3) is 3.86. The molecule has 4 aromatic rings. The zero-order valence-electron chi connectivity index (χ0n) is 17.2. The van der Waals surface area contributed by atoms with Gasteiger partial charge in [-0.05, 0) is 36.8 Å². The van der Waals surface area contributed by atoms with Crippen LogP contribution in [0.2, 0.25) is 5.15 Å². The van der Waals surface area contributed by atoms with E-state index in [2.05, 4.69) is 38.5 Å². The van der Waals surface area contributed by atoms with Gasteiger partial charge in [0.2, 0.25) is 0 Å². The topological polar surface area (TPSA) is 49.2 Å². The van der Waals surface area contributed by atoms with Crippen molar-refractivity contribution in [2.24, 2.45) is 0 Å². The van der Waals surface area contributed by atoms with Crippen LogP contribution < -0.4 is 9.47 Å². The molecule has 0 aliphatic rings. The quantitative estimate of drug-likeness (QED) is 0.282. The first-order valence-corrected chi connectivity index (χ1v) is 11.1. The summed E-state index contributed by atoms with van der Waals surface area (Å²) < 4.78 is 14.2. The van der Waals surface area contributed by atoms with E-state index in [4.69, 9.17) is 26.1 Å². The Morgan fingerprint density at radius 1 is 1.07 bits per heavy atom. The number of rotatable bonds is 7. The molecular weight excluding hydrogens is 466 g/mol. The van der Waals surface area contributed by atoms with E-state index < -0.39 is 0 Å². The molecule has 0 aliphatic carbocycles. The maximum atomic E-state index is 6.57. The van der Waals surface area contributed by atoms with E-state index >= 15 is 0 Å². The summed E-state index contributed by atoms with van der Waals surface area (Å²) in [7, 11) is 3.33. The summed E-state index contributed by atoms with van der Waals surface area (Å²) in [5.74, 6) is 2.55. The molecule has 0 N–H and O–H groups in total. The van der Waals surface area contributed by atoms with E-state index in [1.54, 1.807) is 14.2 Å². The maximum Gasteiger partial charge on any atom is 0.157 e. The van der Waals surface area contributed by atoms with E-state index in [9.17, 15) is 0 Å². The number of imidazole rings is 1. The molecule has 2 aromatic heterocycles. The fourth-order valence-electron chi connectivity index (χ4n) is 3.72. The molecule has 4 rings (SSSR count). The number of hydrogen-bond donors (Lipinski definition) is 0. The van der Waals surface area contributed by atoms with Crippen LogP contribution in [0.25, 0.3) is 21.9 Å². The lowest BCUT2D eigenvalue weighted by atomic mass is 10.1. The fourth-order valence-corrected chi connectivity index (χ4v) is 4.29. The minimum absolute atomic E-state index is 0.425. The number of ether oxygens (including phenoxy) is 2. The number of nitrogens with zero attached hydrogens (tertiary/aromatic N) is 3. The number of methoxy groups -OCH3 is 2. The standard InChI is InChI=1S/C23H23BrClN3O2/c1-4-5-6-20-27-21-22(17-10-8-15(24)11-18(17)26-23(21)25)28(20)13-14-7-9-16(29-2)12-19(14)30-3/h7-12H,4-6,13H2,1-3H3. The molecule has 156 valence electrons. The summed E-state index contributed by atoms with van der Waals surface area (Å²) in [5, 5.41) is 1.45. The van der Waals surface area contributed by atoms with E-state index in [-0.39, 0.29) is 0 Å². The third-order valence-corrected chi connectivity index (χ3v) is 6.01. The van der Waals surface area contributed by atoms with Crippen molar-refractivity contribution >= 4 is 49.5 Å². The van der Waals surface area contributed by atoms with E-state index in [0.29, 0.717) is 11.7 Å². The first-order valence-electron chi connectivity index (χ1n) is 9.90. The summed E-state index contributed by atoms with van der Waals surface area (Å²) in [6, 6.07) is 12.0. The Morgan fingerprint density at radius 2 is 1.90 bits per heavy atom. The highest BCUT2D eigenvalue weighted by Crippen LogP contribution is 2.34.